The number of aryl methyl sites for hydroxylation is 1. The smallest absolute Gasteiger partial charge is 0.251 e. The van der Waals surface area contributed by atoms with Crippen molar-refractivity contribution in [2.45, 2.75) is 13.5 Å². The molecule has 2 rings (SSSR count). The quantitative estimate of drug-likeness (QED) is 0.921. The minimum Gasteiger partial charge on any atom is -0.343 e. The zero-order chi connectivity index (χ0) is 15.9. The summed E-state index contributed by atoms with van der Waals surface area (Å²) in [6, 6.07) is 17.1. The number of likely N-dealkylation sites (N-methyl/N-ethyl adjacent to an activating group) is 1. The molecule has 0 radical (unpaired) electrons. The van der Waals surface area contributed by atoms with Crippen molar-refractivity contribution in [3.8, 4) is 0 Å². The molecule has 0 aliphatic rings. The average Bonchev–Trinajstić information content (AvgIpc) is 2.53. The van der Waals surface area contributed by atoms with Crippen LogP contribution in [0.3, 0.4) is 0 Å². The SMILES string of the molecule is Cc1ccccc1C(=O)NCC(=O)N(C)Cc1ccccc1. The molecule has 2 aromatic rings. The van der Waals surface area contributed by atoms with E-state index in [1.54, 1.807) is 18.0 Å². The van der Waals surface area contributed by atoms with Gasteiger partial charge >= 0.3 is 0 Å². The van der Waals surface area contributed by atoms with Gasteiger partial charge in [0.2, 0.25) is 5.91 Å². The van der Waals surface area contributed by atoms with E-state index in [0.29, 0.717) is 12.1 Å². The summed E-state index contributed by atoms with van der Waals surface area (Å²) < 4.78 is 0. The molecule has 4 nitrogen and oxygen atoms in total. The minimum absolute atomic E-state index is 0.00347. The molecule has 0 saturated heterocycles. The van der Waals surface area contributed by atoms with Crippen LogP contribution in [0.2, 0.25) is 0 Å². The second-order valence-corrected chi connectivity index (χ2v) is 5.23. The van der Waals surface area contributed by atoms with E-state index in [0.717, 1.165) is 11.1 Å². The largest absolute Gasteiger partial charge is 0.343 e. The first-order valence-electron chi connectivity index (χ1n) is 7.19. The van der Waals surface area contributed by atoms with Crippen LogP contribution in [0.1, 0.15) is 21.5 Å². The Hall–Kier alpha value is -2.62. The number of carbonyl (C=O) groups is 2. The van der Waals surface area contributed by atoms with Crippen molar-refractivity contribution >= 4 is 11.8 Å². The third-order valence-corrected chi connectivity index (χ3v) is 3.48. The van der Waals surface area contributed by atoms with Crippen LogP contribution in [0.25, 0.3) is 0 Å². The Morgan fingerprint density at radius 2 is 1.64 bits per heavy atom. The summed E-state index contributed by atoms with van der Waals surface area (Å²) in [4.78, 5) is 25.8. The van der Waals surface area contributed by atoms with Crippen molar-refractivity contribution in [3.05, 3.63) is 71.3 Å². The molecule has 0 bridgehead atoms. The van der Waals surface area contributed by atoms with E-state index < -0.39 is 0 Å². The number of hydrogen-bond donors (Lipinski definition) is 1. The van der Waals surface area contributed by atoms with Crippen LogP contribution in [-0.2, 0) is 11.3 Å². The van der Waals surface area contributed by atoms with Gasteiger partial charge in [0.05, 0.1) is 6.54 Å². The maximum Gasteiger partial charge on any atom is 0.251 e. The van der Waals surface area contributed by atoms with Crippen molar-refractivity contribution in [3.63, 3.8) is 0 Å². The van der Waals surface area contributed by atoms with Gasteiger partial charge in [0, 0.05) is 19.2 Å². The summed E-state index contributed by atoms with van der Waals surface area (Å²) in [5.41, 5.74) is 2.55. The van der Waals surface area contributed by atoms with Crippen molar-refractivity contribution < 1.29 is 9.59 Å². The fraction of sp³-hybridized carbons (Fsp3) is 0.222. The van der Waals surface area contributed by atoms with Crippen LogP contribution in [0.15, 0.2) is 54.6 Å². The molecule has 0 aromatic heterocycles. The summed E-state index contributed by atoms with van der Waals surface area (Å²) in [5, 5.41) is 2.68. The molecule has 0 fully saturated rings. The van der Waals surface area contributed by atoms with Crippen molar-refractivity contribution in [2.24, 2.45) is 0 Å². The van der Waals surface area contributed by atoms with Gasteiger partial charge in [-0.1, -0.05) is 48.5 Å². The van der Waals surface area contributed by atoms with E-state index in [4.69, 9.17) is 0 Å². The fourth-order valence-electron chi connectivity index (χ4n) is 2.16. The van der Waals surface area contributed by atoms with Gasteiger partial charge in [0.15, 0.2) is 0 Å². The van der Waals surface area contributed by atoms with E-state index in [1.165, 1.54) is 0 Å². The molecular formula is C18H20N2O2. The van der Waals surface area contributed by atoms with Gasteiger partial charge in [-0.05, 0) is 24.1 Å². The normalized spacial score (nSPS) is 10.1. The molecule has 114 valence electrons. The lowest BCUT2D eigenvalue weighted by atomic mass is 10.1. The second-order valence-electron chi connectivity index (χ2n) is 5.23. The number of benzene rings is 2. The molecule has 1 N–H and O–H groups in total. The number of hydrogen-bond acceptors (Lipinski definition) is 2. The topological polar surface area (TPSA) is 49.4 Å². The highest BCUT2D eigenvalue weighted by Crippen LogP contribution is 2.06. The Morgan fingerprint density at radius 3 is 2.32 bits per heavy atom. The Morgan fingerprint density at radius 1 is 1.00 bits per heavy atom. The Bertz CT molecular complexity index is 653. The molecular weight excluding hydrogens is 276 g/mol. The van der Waals surface area contributed by atoms with Crippen LogP contribution in [0.5, 0.6) is 0 Å². The second kappa shape index (κ2) is 7.41. The highest BCUT2D eigenvalue weighted by atomic mass is 16.2. The van der Waals surface area contributed by atoms with E-state index in [1.807, 2.05) is 55.5 Å². The molecule has 2 aromatic carbocycles. The van der Waals surface area contributed by atoms with Gasteiger partial charge < -0.3 is 10.2 Å². The van der Waals surface area contributed by atoms with Crippen LogP contribution >= 0.6 is 0 Å². The molecule has 0 saturated carbocycles. The highest BCUT2D eigenvalue weighted by Gasteiger charge is 2.13. The lowest BCUT2D eigenvalue weighted by Crippen LogP contribution is -2.38. The molecule has 22 heavy (non-hydrogen) atoms. The van der Waals surface area contributed by atoms with Crippen LogP contribution in [0, 0.1) is 6.92 Å². The van der Waals surface area contributed by atoms with Crippen molar-refractivity contribution in [2.75, 3.05) is 13.6 Å². The standard InChI is InChI=1S/C18H20N2O2/c1-14-8-6-7-11-16(14)18(22)19-12-17(21)20(2)13-15-9-4-3-5-10-15/h3-11H,12-13H2,1-2H3,(H,19,22). The highest BCUT2D eigenvalue weighted by molar-refractivity contribution is 5.97. The zero-order valence-electron chi connectivity index (χ0n) is 12.9. The maximum absolute atomic E-state index is 12.1. The first-order chi connectivity index (χ1) is 10.6. The summed E-state index contributed by atoms with van der Waals surface area (Å²) in [7, 11) is 1.73. The summed E-state index contributed by atoms with van der Waals surface area (Å²) >= 11 is 0. The molecule has 0 atom stereocenters. The van der Waals surface area contributed by atoms with Crippen molar-refractivity contribution in [1.82, 2.24) is 10.2 Å². The number of nitrogens with one attached hydrogen (secondary N) is 1. The Labute approximate surface area is 130 Å². The lowest BCUT2D eigenvalue weighted by Gasteiger charge is -2.17. The van der Waals surface area contributed by atoms with E-state index in [9.17, 15) is 9.59 Å². The Kier molecular flexibility index (Phi) is 5.31. The zero-order valence-corrected chi connectivity index (χ0v) is 12.9. The van der Waals surface area contributed by atoms with E-state index in [-0.39, 0.29) is 18.4 Å². The van der Waals surface area contributed by atoms with Gasteiger partial charge in [-0.2, -0.15) is 0 Å². The Balaban J connectivity index is 1.87. The minimum atomic E-state index is -0.223. The predicted molar refractivity (Wildman–Crippen MR) is 86.4 cm³/mol. The number of nitrogens with zero attached hydrogens (tertiary/aromatic N) is 1. The van der Waals surface area contributed by atoms with Gasteiger partial charge in [-0.15, -0.1) is 0 Å². The number of rotatable bonds is 5. The third-order valence-electron chi connectivity index (χ3n) is 3.48. The number of carbonyl (C=O) groups excluding carboxylic acids is 2. The van der Waals surface area contributed by atoms with Crippen LogP contribution < -0.4 is 5.32 Å². The van der Waals surface area contributed by atoms with Gasteiger partial charge in [-0.25, -0.2) is 0 Å². The molecule has 0 unspecified atom stereocenters. The fourth-order valence-corrected chi connectivity index (χ4v) is 2.16. The predicted octanol–water partition coefficient (Wildman–Crippen LogP) is 2.38. The average molecular weight is 296 g/mol. The van der Waals surface area contributed by atoms with Crippen LogP contribution in [0.4, 0.5) is 0 Å². The number of amides is 2. The molecule has 0 heterocycles. The molecule has 0 aliphatic heterocycles. The van der Waals surface area contributed by atoms with E-state index in [2.05, 4.69) is 5.32 Å². The lowest BCUT2D eigenvalue weighted by molar-refractivity contribution is -0.129. The first kappa shape index (κ1) is 15.8. The van der Waals surface area contributed by atoms with Crippen molar-refractivity contribution in [1.29, 1.82) is 0 Å². The van der Waals surface area contributed by atoms with Gasteiger partial charge in [0.25, 0.3) is 5.91 Å². The summed E-state index contributed by atoms with van der Waals surface area (Å²) in [6.45, 7) is 2.40. The monoisotopic (exact) mass is 296 g/mol. The van der Waals surface area contributed by atoms with Gasteiger partial charge in [-0.3, -0.25) is 9.59 Å². The van der Waals surface area contributed by atoms with E-state index >= 15 is 0 Å². The third kappa shape index (κ3) is 4.19. The molecule has 2 amide bonds. The first-order valence-corrected chi connectivity index (χ1v) is 7.19. The molecule has 4 heteroatoms. The summed E-state index contributed by atoms with van der Waals surface area (Å²) in [6.07, 6.45) is 0. The van der Waals surface area contributed by atoms with Crippen LogP contribution in [-0.4, -0.2) is 30.3 Å². The molecule has 0 spiro atoms. The summed E-state index contributed by atoms with van der Waals surface area (Å²) in [5.74, 6) is -0.342. The van der Waals surface area contributed by atoms with Gasteiger partial charge in [0.1, 0.15) is 0 Å². The maximum atomic E-state index is 12.1. The molecule has 0 aliphatic carbocycles.